The topological polar surface area (TPSA) is 67.9 Å². The molecule has 6 heteroatoms. The van der Waals surface area contributed by atoms with Crippen LogP contribution >= 0.6 is 0 Å². The molecule has 0 spiro atoms. The molecule has 6 nitrogen and oxygen atoms in total. The van der Waals surface area contributed by atoms with Crippen molar-refractivity contribution >= 4 is 11.8 Å². The monoisotopic (exact) mass is 426 g/mol. The van der Waals surface area contributed by atoms with Gasteiger partial charge in [0.25, 0.3) is 0 Å². The number of benzene rings is 2. The van der Waals surface area contributed by atoms with Gasteiger partial charge in [-0.2, -0.15) is 0 Å². The second kappa shape index (κ2) is 12.7. The van der Waals surface area contributed by atoms with Gasteiger partial charge >= 0.3 is 0 Å². The molecule has 0 aliphatic carbocycles. The third kappa shape index (κ3) is 7.72. The summed E-state index contributed by atoms with van der Waals surface area (Å²) in [6, 6.07) is 16.8. The molecule has 2 amide bonds. The predicted octanol–water partition coefficient (Wildman–Crippen LogP) is 3.44. The minimum Gasteiger partial charge on any atom is -0.497 e. The summed E-state index contributed by atoms with van der Waals surface area (Å²) in [5.41, 5.74) is 1.95. The van der Waals surface area contributed by atoms with Gasteiger partial charge in [0.1, 0.15) is 11.8 Å². The molecule has 168 valence electrons. The van der Waals surface area contributed by atoms with E-state index >= 15 is 0 Å². The Morgan fingerprint density at radius 2 is 1.65 bits per heavy atom. The van der Waals surface area contributed by atoms with Gasteiger partial charge < -0.3 is 19.7 Å². The fourth-order valence-corrected chi connectivity index (χ4v) is 3.33. The summed E-state index contributed by atoms with van der Waals surface area (Å²) in [7, 11) is 3.26. The molecule has 1 N–H and O–H groups in total. The molecule has 2 rings (SSSR count). The number of nitrogens with one attached hydrogen (secondary N) is 1. The van der Waals surface area contributed by atoms with Crippen molar-refractivity contribution in [3.63, 3.8) is 0 Å². The lowest BCUT2D eigenvalue weighted by molar-refractivity contribution is -0.143. The molecule has 2 aromatic carbocycles. The number of carbonyl (C=O) groups excluding carboxylic acids is 2. The largest absolute Gasteiger partial charge is 0.497 e. The third-order valence-corrected chi connectivity index (χ3v) is 5.06. The Balaban J connectivity index is 2.30. The number of carbonyl (C=O) groups is 2. The molecule has 1 unspecified atom stereocenters. The van der Waals surface area contributed by atoms with Gasteiger partial charge in [0.05, 0.1) is 7.11 Å². The number of hydrogen-bond acceptors (Lipinski definition) is 4. The van der Waals surface area contributed by atoms with Gasteiger partial charge in [-0.3, -0.25) is 9.59 Å². The van der Waals surface area contributed by atoms with Crippen LogP contribution < -0.4 is 10.1 Å². The van der Waals surface area contributed by atoms with Crippen LogP contribution in [0.3, 0.4) is 0 Å². The number of methoxy groups -OCH3 is 2. The molecular formula is C25H34N2O4. The van der Waals surface area contributed by atoms with Gasteiger partial charge in [0, 0.05) is 39.1 Å². The molecular weight excluding hydrogens is 392 g/mol. The number of nitrogens with zero attached hydrogens (tertiary/aromatic N) is 1. The highest BCUT2D eigenvalue weighted by molar-refractivity contribution is 5.88. The highest BCUT2D eigenvalue weighted by atomic mass is 16.5. The zero-order valence-electron chi connectivity index (χ0n) is 19.0. The number of hydrogen-bond donors (Lipinski definition) is 1. The zero-order chi connectivity index (χ0) is 22.6. The summed E-state index contributed by atoms with van der Waals surface area (Å²) in [4.78, 5) is 28.1. The fourth-order valence-electron chi connectivity index (χ4n) is 3.33. The van der Waals surface area contributed by atoms with Crippen LogP contribution in [0.5, 0.6) is 5.75 Å². The van der Waals surface area contributed by atoms with Crippen molar-refractivity contribution in [2.75, 3.05) is 27.4 Å². The average molecular weight is 427 g/mol. The van der Waals surface area contributed by atoms with E-state index in [-0.39, 0.29) is 17.7 Å². The molecule has 0 saturated carbocycles. The molecule has 0 bridgehead atoms. The molecule has 31 heavy (non-hydrogen) atoms. The van der Waals surface area contributed by atoms with Gasteiger partial charge in [0.15, 0.2) is 0 Å². The fraction of sp³-hybridized carbons (Fsp3) is 0.440. The Hall–Kier alpha value is -2.86. The lowest BCUT2D eigenvalue weighted by Gasteiger charge is -2.33. The van der Waals surface area contributed by atoms with Crippen molar-refractivity contribution in [1.82, 2.24) is 10.2 Å². The van der Waals surface area contributed by atoms with E-state index in [1.54, 1.807) is 19.1 Å². The molecule has 0 radical (unpaired) electrons. The Labute approximate surface area is 185 Å². The Morgan fingerprint density at radius 3 is 2.23 bits per heavy atom. The van der Waals surface area contributed by atoms with Crippen molar-refractivity contribution in [1.29, 1.82) is 0 Å². The number of rotatable bonds is 12. The Bertz CT molecular complexity index is 806. The van der Waals surface area contributed by atoms with E-state index < -0.39 is 6.04 Å². The minimum absolute atomic E-state index is 0.0520. The normalized spacial score (nSPS) is 11.8. The maximum absolute atomic E-state index is 13.2. The second-order valence-electron chi connectivity index (χ2n) is 7.81. The Morgan fingerprint density at radius 1 is 0.968 bits per heavy atom. The highest BCUT2D eigenvalue weighted by Gasteiger charge is 2.31. The zero-order valence-corrected chi connectivity index (χ0v) is 19.0. The first-order valence-corrected chi connectivity index (χ1v) is 10.7. The molecule has 2 aromatic rings. The van der Waals surface area contributed by atoms with Gasteiger partial charge in [-0.25, -0.2) is 0 Å². The lowest BCUT2D eigenvalue weighted by atomic mass is 10.0. The summed E-state index contributed by atoms with van der Waals surface area (Å²) in [5, 5.41) is 2.98. The van der Waals surface area contributed by atoms with Gasteiger partial charge in [0.2, 0.25) is 11.8 Å². The van der Waals surface area contributed by atoms with E-state index in [2.05, 4.69) is 5.32 Å². The number of amides is 2. The summed E-state index contributed by atoms with van der Waals surface area (Å²) < 4.78 is 10.3. The summed E-state index contributed by atoms with van der Waals surface area (Å²) in [6.45, 7) is 5.15. The third-order valence-electron chi connectivity index (χ3n) is 5.06. The summed E-state index contributed by atoms with van der Waals surface area (Å²) in [5.74, 6) is 0.325. The highest BCUT2D eigenvalue weighted by Crippen LogP contribution is 2.19. The molecule has 0 saturated heterocycles. The van der Waals surface area contributed by atoms with Crippen molar-refractivity contribution < 1.29 is 19.1 Å². The quantitative estimate of drug-likeness (QED) is 0.528. The second-order valence-corrected chi connectivity index (χ2v) is 7.81. The average Bonchev–Trinajstić information content (AvgIpc) is 2.79. The SMILES string of the molecule is COCCCNC(=O)C(Cc1ccccc1)N(Cc1ccc(OC)cc1)C(=O)C(C)C. The van der Waals surface area contributed by atoms with E-state index in [0.717, 1.165) is 23.3 Å². The molecule has 0 aliphatic heterocycles. The molecule has 0 fully saturated rings. The van der Waals surface area contributed by atoms with E-state index in [4.69, 9.17) is 9.47 Å². The van der Waals surface area contributed by atoms with Crippen molar-refractivity contribution in [3.05, 3.63) is 65.7 Å². The van der Waals surface area contributed by atoms with Crippen LogP contribution in [-0.2, 0) is 27.3 Å². The lowest BCUT2D eigenvalue weighted by Crippen LogP contribution is -2.51. The van der Waals surface area contributed by atoms with Crippen molar-refractivity contribution in [2.24, 2.45) is 5.92 Å². The standard InChI is InChI=1S/C25H34N2O4/c1-19(2)25(29)27(18-21-11-13-22(31-4)14-12-21)23(17-20-9-6-5-7-10-20)24(28)26-15-8-16-30-3/h5-7,9-14,19,23H,8,15-18H2,1-4H3,(H,26,28). The van der Waals surface area contributed by atoms with Crippen LogP contribution in [0.25, 0.3) is 0 Å². The smallest absolute Gasteiger partial charge is 0.243 e. The van der Waals surface area contributed by atoms with Gasteiger partial charge in [-0.15, -0.1) is 0 Å². The van der Waals surface area contributed by atoms with Gasteiger partial charge in [-0.05, 0) is 29.7 Å². The van der Waals surface area contributed by atoms with Crippen LogP contribution in [-0.4, -0.2) is 50.1 Å². The maximum atomic E-state index is 13.2. The van der Waals surface area contributed by atoms with Crippen molar-refractivity contribution in [2.45, 2.75) is 39.3 Å². The van der Waals surface area contributed by atoms with Crippen LogP contribution in [0.4, 0.5) is 0 Å². The maximum Gasteiger partial charge on any atom is 0.243 e. The van der Waals surface area contributed by atoms with Crippen LogP contribution in [0, 0.1) is 5.92 Å². The van der Waals surface area contributed by atoms with Crippen LogP contribution in [0.15, 0.2) is 54.6 Å². The van der Waals surface area contributed by atoms with Crippen molar-refractivity contribution in [3.8, 4) is 5.75 Å². The minimum atomic E-state index is -0.609. The molecule has 0 aromatic heterocycles. The molecule has 0 aliphatic rings. The van der Waals surface area contributed by atoms with Gasteiger partial charge in [-0.1, -0.05) is 56.3 Å². The molecule has 1 atom stereocenters. The van der Waals surface area contributed by atoms with E-state index in [9.17, 15) is 9.59 Å². The Kier molecular flexibility index (Phi) is 10.0. The number of ether oxygens (including phenoxy) is 2. The summed E-state index contributed by atoms with van der Waals surface area (Å²) in [6.07, 6.45) is 1.17. The first kappa shape index (κ1) is 24.4. The summed E-state index contributed by atoms with van der Waals surface area (Å²) >= 11 is 0. The van der Waals surface area contributed by atoms with Crippen LogP contribution in [0.2, 0.25) is 0 Å². The first-order chi connectivity index (χ1) is 15.0. The van der Waals surface area contributed by atoms with E-state index in [1.807, 2.05) is 68.4 Å². The molecule has 0 heterocycles. The first-order valence-electron chi connectivity index (χ1n) is 10.7. The van der Waals surface area contributed by atoms with Crippen LogP contribution in [0.1, 0.15) is 31.4 Å². The predicted molar refractivity (Wildman–Crippen MR) is 122 cm³/mol. The van der Waals surface area contributed by atoms with E-state index in [0.29, 0.717) is 26.1 Å². The van der Waals surface area contributed by atoms with E-state index in [1.165, 1.54) is 0 Å².